The summed E-state index contributed by atoms with van der Waals surface area (Å²) in [5.74, 6) is 0.0622. The van der Waals surface area contributed by atoms with E-state index in [1.807, 2.05) is 45.9 Å². The Morgan fingerprint density at radius 3 is 2.49 bits per heavy atom. The van der Waals surface area contributed by atoms with Crippen LogP contribution in [0.1, 0.15) is 48.0 Å². The van der Waals surface area contributed by atoms with E-state index in [4.69, 9.17) is 0 Å². The SMILES string of the molecule is Cc1cc(-c2ccnn3cc(-c4cnn(C)c4)cc23)ccc1CN1CCc2c(cnn2C(C)(C)C)C1=O. The van der Waals surface area contributed by atoms with E-state index in [9.17, 15) is 4.79 Å². The highest BCUT2D eigenvalue weighted by Gasteiger charge is 2.31. The van der Waals surface area contributed by atoms with Crippen molar-refractivity contribution in [1.82, 2.24) is 34.1 Å². The van der Waals surface area contributed by atoms with Crippen molar-refractivity contribution in [3.05, 3.63) is 83.7 Å². The minimum Gasteiger partial charge on any atom is -0.334 e. The maximum Gasteiger partial charge on any atom is 0.257 e. The summed E-state index contributed by atoms with van der Waals surface area (Å²) in [5.41, 5.74) is 9.38. The molecular formula is C29H31N7O. The van der Waals surface area contributed by atoms with Gasteiger partial charge in [0.2, 0.25) is 0 Å². The molecule has 0 saturated heterocycles. The maximum atomic E-state index is 13.3. The highest BCUT2D eigenvalue weighted by atomic mass is 16.2. The molecule has 4 aromatic heterocycles. The lowest BCUT2D eigenvalue weighted by atomic mass is 9.98. The summed E-state index contributed by atoms with van der Waals surface area (Å²) in [6.45, 7) is 9.76. The van der Waals surface area contributed by atoms with Crippen LogP contribution < -0.4 is 0 Å². The number of amides is 1. The van der Waals surface area contributed by atoms with E-state index in [2.05, 4.69) is 73.3 Å². The standard InChI is InChI=1S/C29H31N7O/c1-19-12-20(24-8-10-30-35-18-22(13-27(24)35)23-14-31-33(5)16-23)6-7-21(19)17-34-11-9-26-25(28(34)37)15-32-36(26)29(2,3)4/h6-8,10,12-16,18H,9,11,17H2,1-5H3. The molecule has 0 fully saturated rings. The highest BCUT2D eigenvalue weighted by molar-refractivity contribution is 5.96. The van der Waals surface area contributed by atoms with Crippen molar-refractivity contribution in [3.8, 4) is 22.3 Å². The van der Waals surface area contributed by atoms with Gasteiger partial charge in [0.1, 0.15) is 0 Å². The van der Waals surface area contributed by atoms with Gasteiger partial charge in [-0.15, -0.1) is 0 Å². The van der Waals surface area contributed by atoms with Gasteiger partial charge in [-0.25, -0.2) is 4.52 Å². The van der Waals surface area contributed by atoms with Gasteiger partial charge in [-0.05, 0) is 56.5 Å². The molecule has 1 aliphatic rings. The molecule has 5 heterocycles. The first-order chi connectivity index (χ1) is 17.7. The third-order valence-electron chi connectivity index (χ3n) is 7.20. The second-order valence-electron chi connectivity index (χ2n) is 10.9. The van der Waals surface area contributed by atoms with Crippen LogP contribution in [-0.4, -0.2) is 46.5 Å². The maximum absolute atomic E-state index is 13.3. The molecule has 188 valence electrons. The van der Waals surface area contributed by atoms with E-state index in [0.29, 0.717) is 13.1 Å². The Morgan fingerprint density at radius 2 is 1.76 bits per heavy atom. The Kier molecular flexibility index (Phi) is 5.29. The zero-order valence-electron chi connectivity index (χ0n) is 21.9. The zero-order valence-corrected chi connectivity index (χ0v) is 21.9. The van der Waals surface area contributed by atoms with Crippen LogP contribution in [0.15, 0.2) is 61.3 Å². The Hall–Kier alpha value is -4.20. The molecule has 0 atom stereocenters. The lowest BCUT2D eigenvalue weighted by Gasteiger charge is -2.30. The Bertz CT molecular complexity index is 1650. The second kappa shape index (κ2) is 8.44. The van der Waals surface area contributed by atoms with Gasteiger partial charge in [0.05, 0.1) is 34.7 Å². The Morgan fingerprint density at radius 1 is 0.919 bits per heavy atom. The average Bonchev–Trinajstić information content (AvgIpc) is 3.59. The zero-order chi connectivity index (χ0) is 25.9. The number of fused-ring (bicyclic) bond motifs is 2. The Labute approximate surface area is 216 Å². The van der Waals surface area contributed by atoms with Crippen molar-refractivity contribution in [2.75, 3.05) is 6.54 Å². The van der Waals surface area contributed by atoms with E-state index in [-0.39, 0.29) is 11.4 Å². The number of benzene rings is 1. The van der Waals surface area contributed by atoms with E-state index < -0.39 is 0 Å². The van der Waals surface area contributed by atoms with E-state index in [0.717, 1.165) is 56.6 Å². The molecule has 0 radical (unpaired) electrons. The van der Waals surface area contributed by atoms with E-state index >= 15 is 0 Å². The van der Waals surface area contributed by atoms with Crippen LogP contribution in [0, 0.1) is 6.92 Å². The number of hydrogen-bond acceptors (Lipinski definition) is 4. The lowest BCUT2D eigenvalue weighted by molar-refractivity contribution is 0.0723. The molecule has 6 rings (SSSR count). The molecule has 0 aliphatic carbocycles. The Balaban J connectivity index is 1.27. The molecule has 8 nitrogen and oxygen atoms in total. The molecule has 37 heavy (non-hydrogen) atoms. The van der Waals surface area contributed by atoms with Gasteiger partial charge in [-0.3, -0.25) is 14.2 Å². The molecule has 0 bridgehead atoms. The number of carbonyl (C=O) groups excluding carboxylic acids is 1. The summed E-state index contributed by atoms with van der Waals surface area (Å²) in [6.07, 6.45) is 10.3. The molecule has 1 aromatic carbocycles. The smallest absolute Gasteiger partial charge is 0.257 e. The number of rotatable bonds is 4. The van der Waals surface area contributed by atoms with Gasteiger partial charge >= 0.3 is 0 Å². The van der Waals surface area contributed by atoms with Crippen molar-refractivity contribution < 1.29 is 4.79 Å². The van der Waals surface area contributed by atoms with Crippen molar-refractivity contribution in [3.63, 3.8) is 0 Å². The van der Waals surface area contributed by atoms with E-state index in [1.165, 1.54) is 0 Å². The minimum absolute atomic E-state index is 0.0622. The van der Waals surface area contributed by atoms with Crippen molar-refractivity contribution in [2.45, 2.75) is 46.2 Å². The van der Waals surface area contributed by atoms with Crippen LogP contribution in [0.2, 0.25) is 0 Å². The molecule has 0 spiro atoms. The first kappa shape index (κ1) is 23.2. The van der Waals surface area contributed by atoms with Crippen LogP contribution >= 0.6 is 0 Å². The largest absolute Gasteiger partial charge is 0.334 e. The highest BCUT2D eigenvalue weighted by Crippen LogP contribution is 2.31. The van der Waals surface area contributed by atoms with Gasteiger partial charge in [-0.2, -0.15) is 15.3 Å². The second-order valence-corrected chi connectivity index (χ2v) is 10.9. The predicted molar refractivity (Wildman–Crippen MR) is 143 cm³/mol. The third-order valence-corrected chi connectivity index (χ3v) is 7.20. The molecule has 0 N–H and O–H groups in total. The van der Waals surface area contributed by atoms with Crippen LogP contribution in [0.3, 0.4) is 0 Å². The third kappa shape index (κ3) is 4.02. The minimum atomic E-state index is -0.139. The van der Waals surface area contributed by atoms with Gasteiger partial charge < -0.3 is 4.90 Å². The van der Waals surface area contributed by atoms with Crippen molar-refractivity contribution in [1.29, 1.82) is 0 Å². The molecule has 1 amide bonds. The predicted octanol–water partition coefficient (Wildman–Crippen LogP) is 4.86. The molecule has 1 aliphatic heterocycles. The number of hydrogen-bond donors (Lipinski definition) is 0. The average molecular weight is 494 g/mol. The summed E-state index contributed by atoms with van der Waals surface area (Å²) in [7, 11) is 1.92. The first-order valence-electron chi connectivity index (χ1n) is 12.6. The lowest BCUT2D eigenvalue weighted by Crippen LogP contribution is -2.38. The van der Waals surface area contributed by atoms with Crippen LogP contribution in [0.25, 0.3) is 27.8 Å². The summed E-state index contributed by atoms with van der Waals surface area (Å²) in [6, 6.07) is 10.7. The van der Waals surface area contributed by atoms with Gasteiger partial charge in [0.25, 0.3) is 5.91 Å². The fourth-order valence-corrected chi connectivity index (χ4v) is 5.27. The molecule has 0 unspecified atom stereocenters. The first-order valence-corrected chi connectivity index (χ1v) is 12.6. The number of nitrogens with zero attached hydrogens (tertiary/aromatic N) is 7. The molecule has 0 saturated carbocycles. The molecule has 5 aromatic rings. The quantitative estimate of drug-likeness (QED) is 0.358. The van der Waals surface area contributed by atoms with Crippen LogP contribution in [0.4, 0.5) is 0 Å². The summed E-state index contributed by atoms with van der Waals surface area (Å²) in [5, 5.41) is 13.3. The molecular weight excluding hydrogens is 462 g/mol. The van der Waals surface area contributed by atoms with Gasteiger partial charge in [0.15, 0.2) is 0 Å². The van der Waals surface area contributed by atoms with E-state index in [1.54, 1.807) is 10.9 Å². The number of aromatic nitrogens is 6. The monoisotopic (exact) mass is 493 g/mol. The van der Waals surface area contributed by atoms with Crippen molar-refractivity contribution in [2.24, 2.45) is 7.05 Å². The number of carbonyl (C=O) groups is 1. The van der Waals surface area contributed by atoms with Gasteiger partial charge in [-0.1, -0.05) is 18.2 Å². The number of aryl methyl sites for hydroxylation is 2. The van der Waals surface area contributed by atoms with Crippen molar-refractivity contribution >= 4 is 11.4 Å². The fourth-order valence-electron chi connectivity index (χ4n) is 5.27. The van der Waals surface area contributed by atoms with Crippen LogP contribution in [0.5, 0.6) is 0 Å². The summed E-state index contributed by atoms with van der Waals surface area (Å²) < 4.78 is 5.72. The normalized spacial score (nSPS) is 14.0. The van der Waals surface area contributed by atoms with Crippen LogP contribution in [-0.2, 0) is 25.6 Å². The summed E-state index contributed by atoms with van der Waals surface area (Å²) in [4.78, 5) is 15.2. The molecule has 8 heteroatoms. The summed E-state index contributed by atoms with van der Waals surface area (Å²) >= 11 is 0. The fraction of sp³-hybridized carbons (Fsp3) is 0.310. The topological polar surface area (TPSA) is 73.2 Å². The van der Waals surface area contributed by atoms with Gasteiger partial charge in [0, 0.05) is 61.8 Å².